The van der Waals surface area contributed by atoms with Crippen LogP contribution in [0.3, 0.4) is 0 Å². The summed E-state index contributed by atoms with van der Waals surface area (Å²) in [7, 11) is 0. The zero-order chi connectivity index (χ0) is 18.6. The number of rotatable bonds is 3. The van der Waals surface area contributed by atoms with Crippen molar-refractivity contribution >= 4 is 17.9 Å². The fourth-order valence-electron chi connectivity index (χ4n) is 3.72. The topological polar surface area (TPSA) is 61.7 Å². The Kier molecular flexibility index (Phi) is 4.84. The van der Waals surface area contributed by atoms with E-state index in [0.29, 0.717) is 5.69 Å². The maximum atomic E-state index is 13.1. The monoisotopic (exact) mass is 359 g/mol. The minimum Gasteiger partial charge on any atom is -0.356 e. The van der Waals surface area contributed by atoms with E-state index in [9.17, 15) is 4.79 Å². The maximum Gasteiger partial charge on any atom is 0.246 e. The lowest BCUT2D eigenvalue weighted by Gasteiger charge is -2.34. The number of piperidine rings is 1. The summed E-state index contributed by atoms with van der Waals surface area (Å²) < 4.78 is 0. The Balaban J connectivity index is 1.41. The van der Waals surface area contributed by atoms with E-state index in [2.05, 4.69) is 38.0 Å². The molecule has 0 spiro atoms. The maximum absolute atomic E-state index is 13.1. The zero-order valence-corrected chi connectivity index (χ0v) is 15.0. The normalized spacial score (nSPS) is 19.9. The molecule has 2 aliphatic heterocycles. The number of terminal acetylenes is 1. The van der Waals surface area contributed by atoms with Crippen molar-refractivity contribution in [3.8, 4) is 12.3 Å². The summed E-state index contributed by atoms with van der Waals surface area (Å²) in [5, 5.41) is 6.05. The highest BCUT2D eigenvalue weighted by Crippen LogP contribution is 2.32. The largest absolute Gasteiger partial charge is 0.356 e. The van der Waals surface area contributed by atoms with Gasteiger partial charge in [0.25, 0.3) is 0 Å². The molecule has 27 heavy (non-hydrogen) atoms. The molecule has 0 bridgehead atoms. The summed E-state index contributed by atoms with van der Waals surface area (Å²) in [6.45, 7) is 1.54. The van der Waals surface area contributed by atoms with Crippen LogP contribution < -0.4 is 4.90 Å². The van der Waals surface area contributed by atoms with Crippen LogP contribution in [-0.2, 0) is 4.79 Å². The van der Waals surface area contributed by atoms with E-state index in [1.54, 1.807) is 5.01 Å². The minimum absolute atomic E-state index is 0.0109. The predicted molar refractivity (Wildman–Crippen MR) is 104 cm³/mol. The Hall–Kier alpha value is -3.20. The number of carbonyl (C=O) groups excluding carboxylic acids is 1. The number of benzene rings is 1. The number of hydrogen-bond donors (Lipinski definition) is 0. The molecule has 0 aliphatic carbocycles. The number of nitrogens with zero attached hydrogens (tertiary/aromatic N) is 5. The summed E-state index contributed by atoms with van der Waals surface area (Å²) in [5.41, 5.74) is 1.71. The molecule has 1 amide bonds. The van der Waals surface area contributed by atoms with Crippen LogP contribution in [0.4, 0.5) is 5.82 Å². The van der Waals surface area contributed by atoms with E-state index in [1.165, 1.54) is 6.33 Å². The average molecular weight is 359 g/mol. The van der Waals surface area contributed by atoms with Gasteiger partial charge in [-0.1, -0.05) is 36.3 Å². The molecule has 6 nitrogen and oxygen atoms in total. The molecule has 0 radical (unpaired) electrons. The average Bonchev–Trinajstić information content (AvgIpc) is 3.24. The number of hydrogen-bond acceptors (Lipinski definition) is 5. The van der Waals surface area contributed by atoms with Gasteiger partial charge in [0.15, 0.2) is 0 Å². The Bertz CT molecular complexity index is 881. The first-order valence-corrected chi connectivity index (χ1v) is 9.20. The molecule has 3 heterocycles. The quantitative estimate of drug-likeness (QED) is 0.791. The Morgan fingerprint density at radius 1 is 1.15 bits per heavy atom. The Morgan fingerprint density at radius 2 is 1.93 bits per heavy atom. The number of carbonyl (C=O) groups is 1. The summed E-state index contributed by atoms with van der Waals surface area (Å²) in [4.78, 5) is 23.6. The highest BCUT2D eigenvalue weighted by Gasteiger charge is 2.34. The third-order valence-corrected chi connectivity index (χ3v) is 5.21. The van der Waals surface area contributed by atoms with Crippen molar-refractivity contribution in [2.24, 2.45) is 11.0 Å². The molecular formula is C21H21N5O. The van der Waals surface area contributed by atoms with Crippen LogP contribution in [0.15, 0.2) is 47.8 Å². The van der Waals surface area contributed by atoms with Gasteiger partial charge in [-0.15, -0.1) is 6.42 Å². The van der Waals surface area contributed by atoms with Crippen LogP contribution in [0.2, 0.25) is 0 Å². The molecule has 4 rings (SSSR count). The fourth-order valence-corrected chi connectivity index (χ4v) is 3.72. The highest BCUT2D eigenvalue weighted by atomic mass is 16.2. The third-order valence-electron chi connectivity index (χ3n) is 5.21. The van der Waals surface area contributed by atoms with Gasteiger partial charge in [-0.05, 0) is 18.4 Å². The van der Waals surface area contributed by atoms with Crippen LogP contribution in [0.5, 0.6) is 0 Å². The van der Waals surface area contributed by atoms with Crippen molar-refractivity contribution in [3.63, 3.8) is 0 Å². The summed E-state index contributed by atoms with van der Waals surface area (Å²) in [6, 6.07) is 11.9. The van der Waals surface area contributed by atoms with Gasteiger partial charge in [0.1, 0.15) is 17.8 Å². The molecule has 0 N–H and O–H groups in total. The minimum atomic E-state index is -0.0170. The zero-order valence-electron chi connectivity index (χ0n) is 15.0. The van der Waals surface area contributed by atoms with Crippen LogP contribution in [-0.4, -0.2) is 40.2 Å². The SMILES string of the molecule is C#Cc1cc(N2CCC(C(=O)N3N=CCC3c3ccccc3)CC2)ncn1. The molecular weight excluding hydrogens is 338 g/mol. The van der Waals surface area contributed by atoms with Gasteiger partial charge in [-0.25, -0.2) is 15.0 Å². The van der Waals surface area contributed by atoms with Crippen molar-refractivity contribution < 1.29 is 4.79 Å². The third kappa shape index (κ3) is 3.54. The van der Waals surface area contributed by atoms with Gasteiger partial charge in [0.05, 0.1) is 6.04 Å². The van der Waals surface area contributed by atoms with Crippen molar-refractivity contribution in [2.45, 2.75) is 25.3 Å². The van der Waals surface area contributed by atoms with E-state index < -0.39 is 0 Å². The first kappa shape index (κ1) is 17.2. The van der Waals surface area contributed by atoms with E-state index in [0.717, 1.165) is 43.7 Å². The lowest BCUT2D eigenvalue weighted by atomic mass is 9.94. The Labute approximate surface area is 158 Å². The second-order valence-electron chi connectivity index (χ2n) is 6.81. The molecule has 136 valence electrons. The summed E-state index contributed by atoms with van der Waals surface area (Å²) in [5.74, 6) is 3.46. The van der Waals surface area contributed by atoms with Gasteiger partial charge in [-0.2, -0.15) is 5.10 Å². The lowest BCUT2D eigenvalue weighted by Crippen LogP contribution is -2.41. The van der Waals surface area contributed by atoms with E-state index in [-0.39, 0.29) is 17.9 Å². The van der Waals surface area contributed by atoms with Crippen LogP contribution in [0, 0.1) is 18.3 Å². The van der Waals surface area contributed by atoms with Crippen molar-refractivity contribution in [3.05, 3.63) is 54.0 Å². The van der Waals surface area contributed by atoms with Crippen LogP contribution in [0.25, 0.3) is 0 Å². The molecule has 1 saturated heterocycles. The number of hydrazone groups is 1. The van der Waals surface area contributed by atoms with Gasteiger partial charge < -0.3 is 4.90 Å². The molecule has 1 aromatic carbocycles. The molecule has 1 aromatic heterocycles. The number of aromatic nitrogens is 2. The Morgan fingerprint density at radius 3 is 2.67 bits per heavy atom. The van der Waals surface area contributed by atoms with Crippen molar-refractivity contribution in [2.75, 3.05) is 18.0 Å². The van der Waals surface area contributed by atoms with E-state index >= 15 is 0 Å². The van der Waals surface area contributed by atoms with Gasteiger partial charge in [0, 0.05) is 37.7 Å². The molecule has 1 atom stereocenters. The molecule has 0 saturated carbocycles. The van der Waals surface area contributed by atoms with Gasteiger partial charge in [-0.3, -0.25) is 4.79 Å². The summed E-state index contributed by atoms with van der Waals surface area (Å²) >= 11 is 0. The number of anilines is 1. The standard InChI is InChI=1S/C21H21N5O/c1-2-18-14-20(23-15-22-18)25-12-9-17(10-13-25)21(27)26-19(8-11-24-26)16-6-4-3-5-7-16/h1,3-7,11,14-15,17,19H,8-10,12-13H2. The van der Waals surface area contributed by atoms with Crippen molar-refractivity contribution in [1.29, 1.82) is 0 Å². The molecule has 2 aliphatic rings. The number of amides is 1. The van der Waals surface area contributed by atoms with Crippen molar-refractivity contribution in [1.82, 2.24) is 15.0 Å². The second-order valence-corrected chi connectivity index (χ2v) is 6.81. The first-order valence-electron chi connectivity index (χ1n) is 9.20. The van der Waals surface area contributed by atoms with Crippen LogP contribution in [0.1, 0.15) is 36.6 Å². The molecule has 1 unspecified atom stereocenters. The second kappa shape index (κ2) is 7.58. The van der Waals surface area contributed by atoms with E-state index in [4.69, 9.17) is 6.42 Å². The van der Waals surface area contributed by atoms with Crippen LogP contribution >= 0.6 is 0 Å². The molecule has 1 fully saturated rings. The molecule has 6 heteroatoms. The van der Waals surface area contributed by atoms with E-state index in [1.807, 2.05) is 30.5 Å². The smallest absolute Gasteiger partial charge is 0.246 e. The highest BCUT2D eigenvalue weighted by molar-refractivity contribution is 5.82. The summed E-state index contributed by atoms with van der Waals surface area (Å²) in [6.07, 6.45) is 11.1. The fraction of sp³-hybridized carbons (Fsp3) is 0.333. The lowest BCUT2D eigenvalue weighted by molar-refractivity contribution is -0.138. The molecule has 2 aromatic rings. The van der Waals surface area contributed by atoms with Gasteiger partial charge >= 0.3 is 0 Å². The predicted octanol–water partition coefficient (Wildman–Crippen LogP) is 2.63. The van der Waals surface area contributed by atoms with Gasteiger partial charge in [0.2, 0.25) is 5.91 Å². The first-order chi connectivity index (χ1) is 13.3.